The maximum Gasteiger partial charge on any atom is 0.246 e. The van der Waals surface area contributed by atoms with Gasteiger partial charge in [0.25, 0.3) is 0 Å². The number of rotatable bonds is 2. The zero-order valence-corrected chi connectivity index (χ0v) is 9.54. The summed E-state index contributed by atoms with van der Waals surface area (Å²) < 4.78 is 0. The van der Waals surface area contributed by atoms with Gasteiger partial charge in [-0.3, -0.25) is 4.79 Å². The highest BCUT2D eigenvalue weighted by Gasteiger charge is 2.22. The molecule has 0 unspecified atom stereocenters. The third-order valence-corrected chi connectivity index (χ3v) is 2.80. The van der Waals surface area contributed by atoms with Gasteiger partial charge in [-0.15, -0.1) is 0 Å². The fourth-order valence-corrected chi connectivity index (χ4v) is 1.88. The third kappa shape index (κ3) is 3.07. The summed E-state index contributed by atoms with van der Waals surface area (Å²) in [5.74, 6) is -0.0658. The van der Waals surface area contributed by atoms with Crippen molar-refractivity contribution in [1.82, 2.24) is 4.90 Å². The van der Waals surface area contributed by atoms with Gasteiger partial charge in [0.15, 0.2) is 0 Å². The Labute approximate surface area is 100 Å². The minimum Gasteiger partial charge on any atom is -0.399 e. The summed E-state index contributed by atoms with van der Waals surface area (Å²) in [6.07, 6.45) is 3.55. The van der Waals surface area contributed by atoms with Crippen molar-refractivity contribution in [2.75, 3.05) is 18.8 Å². The molecule has 1 saturated heterocycles. The zero-order chi connectivity index (χ0) is 12.3. The number of amides is 1. The molecule has 90 valence electrons. The molecule has 0 radical (unpaired) electrons. The summed E-state index contributed by atoms with van der Waals surface area (Å²) in [5.41, 5.74) is 7.22. The average Bonchev–Trinajstić information content (AvgIpc) is 2.73. The van der Waals surface area contributed by atoms with E-state index < -0.39 is 0 Å². The summed E-state index contributed by atoms with van der Waals surface area (Å²) in [7, 11) is 0. The number of β-amino-alcohol motifs (C(OH)–C–C–N with tert-alkyl or cyclic N) is 1. The quantitative estimate of drug-likeness (QED) is 0.587. The van der Waals surface area contributed by atoms with E-state index in [0.717, 1.165) is 5.56 Å². The van der Waals surface area contributed by atoms with Gasteiger partial charge in [0, 0.05) is 24.9 Å². The van der Waals surface area contributed by atoms with Gasteiger partial charge in [-0.1, -0.05) is 12.1 Å². The third-order valence-electron chi connectivity index (χ3n) is 2.80. The smallest absolute Gasteiger partial charge is 0.246 e. The van der Waals surface area contributed by atoms with Gasteiger partial charge in [0.1, 0.15) is 0 Å². The number of carbonyl (C=O) groups excluding carboxylic acids is 1. The summed E-state index contributed by atoms with van der Waals surface area (Å²) in [5, 5.41) is 9.34. The lowest BCUT2D eigenvalue weighted by atomic mass is 10.2. The maximum atomic E-state index is 11.7. The molecular formula is C13H16N2O2. The van der Waals surface area contributed by atoms with E-state index in [0.29, 0.717) is 25.2 Å². The fourth-order valence-electron chi connectivity index (χ4n) is 1.88. The van der Waals surface area contributed by atoms with Gasteiger partial charge < -0.3 is 15.7 Å². The fraction of sp³-hybridized carbons (Fsp3) is 0.308. The van der Waals surface area contributed by atoms with Crippen LogP contribution in [-0.2, 0) is 4.79 Å². The largest absolute Gasteiger partial charge is 0.399 e. The van der Waals surface area contributed by atoms with E-state index >= 15 is 0 Å². The molecule has 4 nitrogen and oxygen atoms in total. The molecular weight excluding hydrogens is 216 g/mol. The van der Waals surface area contributed by atoms with Gasteiger partial charge in [-0.05, 0) is 30.2 Å². The second kappa shape index (κ2) is 5.01. The second-order valence-electron chi connectivity index (χ2n) is 4.23. The molecule has 0 saturated carbocycles. The summed E-state index contributed by atoms with van der Waals surface area (Å²) in [6, 6.07) is 7.34. The van der Waals surface area contributed by atoms with Gasteiger partial charge in [-0.25, -0.2) is 0 Å². The summed E-state index contributed by atoms with van der Waals surface area (Å²) in [6.45, 7) is 1.06. The number of aliphatic hydroxyl groups excluding tert-OH is 1. The Bertz CT molecular complexity index is 443. The first-order valence-corrected chi connectivity index (χ1v) is 5.66. The van der Waals surface area contributed by atoms with Crippen LogP contribution in [0.1, 0.15) is 12.0 Å². The predicted octanol–water partition coefficient (Wildman–Crippen LogP) is 0.875. The molecule has 2 rings (SSSR count). The number of nitrogens with two attached hydrogens (primary N) is 1. The lowest BCUT2D eigenvalue weighted by Gasteiger charge is -2.12. The van der Waals surface area contributed by atoms with Crippen molar-refractivity contribution in [1.29, 1.82) is 0 Å². The van der Waals surface area contributed by atoms with Crippen LogP contribution in [-0.4, -0.2) is 35.1 Å². The maximum absolute atomic E-state index is 11.7. The van der Waals surface area contributed by atoms with Crippen LogP contribution in [0.15, 0.2) is 30.3 Å². The molecule has 1 aromatic carbocycles. The van der Waals surface area contributed by atoms with Crippen molar-refractivity contribution in [2.24, 2.45) is 0 Å². The highest BCUT2D eigenvalue weighted by molar-refractivity contribution is 5.92. The Morgan fingerprint density at radius 1 is 1.53 bits per heavy atom. The first-order chi connectivity index (χ1) is 8.15. The number of anilines is 1. The zero-order valence-electron chi connectivity index (χ0n) is 9.54. The molecule has 1 aliphatic heterocycles. The number of aliphatic hydroxyl groups is 1. The number of benzene rings is 1. The molecule has 0 aromatic heterocycles. The molecule has 1 aliphatic rings. The minimum atomic E-state index is -0.375. The van der Waals surface area contributed by atoms with Crippen LogP contribution in [0.3, 0.4) is 0 Å². The van der Waals surface area contributed by atoms with Crippen molar-refractivity contribution < 1.29 is 9.90 Å². The second-order valence-corrected chi connectivity index (χ2v) is 4.23. The first-order valence-electron chi connectivity index (χ1n) is 5.66. The number of nitrogens with zero attached hydrogens (tertiary/aromatic N) is 1. The van der Waals surface area contributed by atoms with E-state index in [4.69, 9.17) is 5.73 Å². The van der Waals surface area contributed by atoms with Gasteiger partial charge in [0.2, 0.25) is 5.91 Å². The van der Waals surface area contributed by atoms with Crippen molar-refractivity contribution in [3.05, 3.63) is 35.9 Å². The van der Waals surface area contributed by atoms with E-state index in [1.807, 2.05) is 18.2 Å². The Morgan fingerprint density at radius 3 is 3.00 bits per heavy atom. The molecule has 3 N–H and O–H groups in total. The molecule has 1 aromatic rings. The van der Waals surface area contributed by atoms with Gasteiger partial charge in [-0.2, -0.15) is 0 Å². The molecule has 1 atom stereocenters. The predicted molar refractivity (Wildman–Crippen MR) is 67.1 cm³/mol. The topological polar surface area (TPSA) is 66.6 Å². The Hall–Kier alpha value is -1.81. The standard InChI is InChI=1S/C13H16N2O2/c14-11-3-1-2-10(8-11)4-5-13(17)15-7-6-12(16)9-15/h1-5,8,12,16H,6-7,9,14H2/b5-4+/t12-/m0/s1. The van der Waals surface area contributed by atoms with E-state index in [-0.39, 0.29) is 12.0 Å². The van der Waals surface area contributed by atoms with E-state index in [2.05, 4.69) is 0 Å². The summed E-state index contributed by atoms with van der Waals surface area (Å²) in [4.78, 5) is 13.4. The van der Waals surface area contributed by atoms with E-state index in [1.54, 1.807) is 17.0 Å². The number of nitrogen functional groups attached to an aromatic ring is 1. The number of hydrogen-bond donors (Lipinski definition) is 2. The molecule has 1 fully saturated rings. The molecule has 1 heterocycles. The van der Waals surface area contributed by atoms with Crippen molar-refractivity contribution in [3.8, 4) is 0 Å². The van der Waals surface area contributed by atoms with Gasteiger partial charge in [0.05, 0.1) is 6.10 Å². The van der Waals surface area contributed by atoms with E-state index in [9.17, 15) is 9.90 Å². The Kier molecular flexibility index (Phi) is 3.44. The van der Waals surface area contributed by atoms with Crippen LogP contribution >= 0.6 is 0 Å². The Balaban J connectivity index is 1.98. The molecule has 0 spiro atoms. The van der Waals surface area contributed by atoms with Crippen molar-refractivity contribution >= 4 is 17.7 Å². The minimum absolute atomic E-state index is 0.0658. The molecule has 17 heavy (non-hydrogen) atoms. The van der Waals surface area contributed by atoms with Crippen molar-refractivity contribution in [3.63, 3.8) is 0 Å². The molecule has 1 amide bonds. The average molecular weight is 232 g/mol. The Morgan fingerprint density at radius 2 is 2.35 bits per heavy atom. The van der Waals surface area contributed by atoms with E-state index in [1.165, 1.54) is 6.08 Å². The van der Waals surface area contributed by atoms with Crippen LogP contribution in [0.4, 0.5) is 5.69 Å². The lowest BCUT2D eigenvalue weighted by Crippen LogP contribution is -2.27. The molecule has 4 heteroatoms. The number of carbonyl (C=O) groups is 1. The molecule has 0 aliphatic carbocycles. The van der Waals surface area contributed by atoms with Crippen LogP contribution in [0.5, 0.6) is 0 Å². The molecule has 0 bridgehead atoms. The number of hydrogen-bond acceptors (Lipinski definition) is 3. The number of likely N-dealkylation sites (tertiary alicyclic amines) is 1. The van der Waals surface area contributed by atoms with Gasteiger partial charge >= 0.3 is 0 Å². The lowest BCUT2D eigenvalue weighted by molar-refractivity contribution is -0.125. The SMILES string of the molecule is Nc1cccc(/C=C/C(=O)N2CC[C@H](O)C2)c1. The van der Waals surface area contributed by atoms with Crippen LogP contribution in [0.25, 0.3) is 6.08 Å². The highest BCUT2D eigenvalue weighted by Crippen LogP contribution is 2.11. The van der Waals surface area contributed by atoms with Crippen LogP contribution < -0.4 is 5.73 Å². The van der Waals surface area contributed by atoms with Crippen molar-refractivity contribution in [2.45, 2.75) is 12.5 Å². The first kappa shape index (κ1) is 11.7. The highest BCUT2D eigenvalue weighted by atomic mass is 16.3. The normalized spacial score (nSPS) is 20.1. The van der Waals surface area contributed by atoms with Crippen LogP contribution in [0, 0.1) is 0 Å². The summed E-state index contributed by atoms with van der Waals surface area (Å²) >= 11 is 0. The van der Waals surface area contributed by atoms with Crippen LogP contribution in [0.2, 0.25) is 0 Å². The monoisotopic (exact) mass is 232 g/mol.